The van der Waals surface area contributed by atoms with Crippen LogP contribution in [-0.4, -0.2) is 23.4 Å². The lowest BCUT2D eigenvalue weighted by molar-refractivity contribution is 0.174. The molecule has 1 heterocycles. The van der Waals surface area contributed by atoms with E-state index >= 15 is 0 Å². The van der Waals surface area contributed by atoms with Gasteiger partial charge in [0.2, 0.25) is 0 Å². The summed E-state index contributed by atoms with van der Waals surface area (Å²) in [6.45, 7) is 4.38. The predicted octanol–water partition coefficient (Wildman–Crippen LogP) is 4.34. The van der Waals surface area contributed by atoms with Crippen molar-refractivity contribution >= 4 is 12.6 Å². The lowest BCUT2D eigenvalue weighted by Gasteiger charge is -2.44. The fourth-order valence-electron chi connectivity index (χ4n) is 3.54. The molecular formula is C19H23NS. The van der Waals surface area contributed by atoms with Crippen LogP contribution < -0.4 is 0 Å². The van der Waals surface area contributed by atoms with Crippen molar-refractivity contribution in [2.24, 2.45) is 0 Å². The highest BCUT2D eigenvalue weighted by Crippen LogP contribution is 2.42. The Morgan fingerprint density at radius 1 is 0.857 bits per heavy atom. The van der Waals surface area contributed by atoms with Crippen molar-refractivity contribution in [2.45, 2.75) is 30.6 Å². The minimum Gasteiger partial charge on any atom is -0.292 e. The molecule has 0 bridgehead atoms. The van der Waals surface area contributed by atoms with Gasteiger partial charge in [-0.15, -0.1) is 0 Å². The van der Waals surface area contributed by atoms with E-state index in [1.807, 2.05) is 0 Å². The first-order valence-electron chi connectivity index (χ1n) is 7.75. The summed E-state index contributed by atoms with van der Waals surface area (Å²) in [5.41, 5.74) is 3.05. The third-order valence-corrected chi connectivity index (χ3v) is 5.16. The van der Waals surface area contributed by atoms with Crippen molar-refractivity contribution in [3.05, 3.63) is 71.8 Å². The summed E-state index contributed by atoms with van der Waals surface area (Å²) in [7, 11) is 0. The highest BCUT2D eigenvalue weighted by Gasteiger charge is 2.38. The van der Waals surface area contributed by atoms with Crippen molar-refractivity contribution in [1.82, 2.24) is 4.90 Å². The third-order valence-electron chi connectivity index (χ3n) is 4.83. The van der Waals surface area contributed by atoms with E-state index in [4.69, 9.17) is 0 Å². The van der Waals surface area contributed by atoms with E-state index in [-0.39, 0.29) is 5.41 Å². The summed E-state index contributed by atoms with van der Waals surface area (Å²) >= 11 is 4.60. The van der Waals surface area contributed by atoms with Gasteiger partial charge in [-0.1, -0.05) is 60.7 Å². The van der Waals surface area contributed by atoms with Crippen LogP contribution in [-0.2, 0) is 5.41 Å². The molecule has 1 fully saturated rings. The molecule has 2 aromatic carbocycles. The number of piperidine rings is 1. The van der Waals surface area contributed by atoms with E-state index in [2.05, 4.69) is 85.1 Å². The first-order chi connectivity index (χ1) is 10.2. The Labute approximate surface area is 133 Å². The van der Waals surface area contributed by atoms with Crippen LogP contribution in [0.2, 0.25) is 0 Å². The molecule has 1 nitrogen and oxygen atoms in total. The molecule has 0 aliphatic carbocycles. The molecule has 1 aliphatic rings. The zero-order valence-corrected chi connectivity index (χ0v) is 13.5. The summed E-state index contributed by atoms with van der Waals surface area (Å²) in [4.78, 5) is 2.47. The number of hydrogen-bond donors (Lipinski definition) is 1. The molecule has 1 atom stereocenters. The fourth-order valence-corrected chi connectivity index (χ4v) is 3.77. The van der Waals surface area contributed by atoms with Crippen molar-refractivity contribution in [2.75, 3.05) is 13.1 Å². The maximum Gasteiger partial charge on any atom is 0.0499 e. The molecule has 1 unspecified atom stereocenters. The highest BCUT2D eigenvalue weighted by atomic mass is 32.1. The first-order valence-corrected chi connectivity index (χ1v) is 8.27. The van der Waals surface area contributed by atoms with Crippen LogP contribution >= 0.6 is 12.6 Å². The number of hydrogen-bond acceptors (Lipinski definition) is 2. The maximum atomic E-state index is 4.60. The van der Waals surface area contributed by atoms with Crippen molar-refractivity contribution in [3.8, 4) is 0 Å². The second-order valence-corrected chi connectivity index (χ2v) is 6.73. The van der Waals surface area contributed by atoms with Gasteiger partial charge in [0.1, 0.15) is 0 Å². The van der Waals surface area contributed by atoms with Gasteiger partial charge in [-0.05, 0) is 30.9 Å². The molecule has 0 spiro atoms. The molecule has 21 heavy (non-hydrogen) atoms. The Hall–Kier alpha value is -1.25. The Bertz CT molecular complexity index is 515. The van der Waals surface area contributed by atoms with E-state index in [0.717, 1.165) is 25.9 Å². The molecular weight excluding hydrogens is 274 g/mol. The molecule has 110 valence electrons. The Kier molecular flexibility index (Phi) is 4.37. The number of nitrogens with zero attached hydrogens (tertiary/aromatic N) is 1. The molecule has 2 aromatic rings. The molecule has 3 rings (SSSR count). The topological polar surface area (TPSA) is 3.24 Å². The van der Waals surface area contributed by atoms with Gasteiger partial charge in [0, 0.05) is 23.9 Å². The average molecular weight is 297 g/mol. The van der Waals surface area contributed by atoms with Gasteiger partial charge >= 0.3 is 0 Å². The first kappa shape index (κ1) is 14.7. The molecule has 1 saturated heterocycles. The minimum atomic E-state index is 0.154. The summed E-state index contributed by atoms with van der Waals surface area (Å²) in [6.07, 6.45) is 2.32. The van der Waals surface area contributed by atoms with Crippen LogP contribution in [0.5, 0.6) is 0 Å². The van der Waals surface area contributed by atoms with Crippen LogP contribution in [0.4, 0.5) is 0 Å². The molecule has 0 amide bonds. The van der Waals surface area contributed by atoms with Gasteiger partial charge < -0.3 is 0 Å². The Morgan fingerprint density at radius 2 is 1.29 bits per heavy atom. The van der Waals surface area contributed by atoms with Crippen molar-refractivity contribution in [1.29, 1.82) is 0 Å². The largest absolute Gasteiger partial charge is 0.292 e. The van der Waals surface area contributed by atoms with Gasteiger partial charge in [0.25, 0.3) is 0 Å². The van der Waals surface area contributed by atoms with Crippen LogP contribution in [0.3, 0.4) is 0 Å². The van der Waals surface area contributed by atoms with E-state index < -0.39 is 0 Å². The van der Waals surface area contributed by atoms with Crippen LogP contribution in [0.1, 0.15) is 30.9 Å². The standard InChI is InChI=1S/C19H23NS/c1-16(21)20-14-12-19(13-15-20,17-8-4-2-5-9-17)18-10-6-3-7-11-18/h2-11,16,21H,12-15H2,1H3. The van der Waals surface area contributed by atoms with Crippen molar-refractivity contribution in [3.63, 3.8) is 0 Å². The number of thiol groups is 1. The zero-order chi connectivity index (χ0) is 14.7. The van der Waals surface area contributed by atoms with Gasteiger partial charge in [-0.25, -0.2) is 0 Å². The van der Waals surface area contributed by atoms with E-state index in [1.54, 1.807) is 0 Å². The molecule has 1 aliphatic heterocycles. The Balaban J connectivity index is 1.98. The summed E-state index contributed by atoms with van der Waals surface area (Å²) < 4.78 is 0. The number of likely N-dealkylation sites (tertiary alicyclic amines) is 1. The minimum absolute atomic E-state index is 0.154. The van der Waals surface area contributed by atoms with Gasteiger partial charge in [-0.2, -0.15) is 12.6 Å². The van der Waals surface area contributed by atoms with Gasteiger partial charge in [0.05, 0.1) is 0 Å². The number of rotatable bonds is 3. The molecule has 0 N–H and O–H groups in total. The van der Waals surface area contributed by atoms with Gasteiger partial charge in [0.15, 0.2) is 0 Å². The van der Waals surface area contributed by atoms with E-state index in [1.165, 1.54) is 11.1 Å². The lowest BCUT2D eigenvalue weighted by Crippen LogP contribution is -2.45. The van der Waals surface area contributed by atoms with E-state index in [0.29, 0.717) is 5.37 Å². The molecule has 0 saturated carbocycles. The maximum absolute atomic E-state index is 4.60. The summed E-state index contributed by atoms with van der Waals surface area (Å²) in [6, 6.07) is 22.0. The van der Waals surface area contributed by atoms with Crippen LogP contribution in [0.25, 0.3) is 0 Å². The van der Waals surface area contributed by atoms with E-state index in [9.17, 15) is 0 Å². The van der Waals surface area contributed by atoms with Crippen molar-refractivity contribution < 1.29 is 0 Å². The number of benzene rings is 2. The smallest absolute Gasteiger partial charge is 0.0499 e. The lowest BCUT2D eigenvalue weighted by atomic mass is 9.68. The van der Waals surface area contributed by atoms with Crippen LogP contribution in [0.15, 0.2) is 60.7 Å². The SMILES string of the molecule is CC(S)N1CCC(c2ccccc2)(c2ccccc2)CC1. The quantitative estimate of drug-likeness (QED) is 0.825. The van der Waals surface area contributed by atoms with Gasteiger partial charge in [-0.3, -0.25) is 4.90 Å². The third kappa shape index (κ3) is 2.88. The highest BCUT2D eigenvalue weighted by molar-refractivity contribution is 7.80. The molecule has 0 radical (unpaired) electrons. The monoisotopic (exact) mass is 297 g/mol. The summed E-state index contributed by atoms with van der Waals surface area (Å²) in [5, 5.41) is 0.342. The second kappa shape index (κ2) is 6.25. The Morgan fingerprint density at radius 3 is 1.67 bits per heavy atom. The average Bonchev–Trinajstić information content (AvgIpc) is 2.56. The molecule has 0 aromatic heterocycles. The zero-order valence-electron chi connectivity index (χ0n) is 12.6. The normalized spacial score (nSPS) is 20.1. The van der Waals surface area contributed by atoms with Crippen LogP contribution in [0, 0.1) is 0 Å². The fraction of sp³-hybridized carbons (Fsp3) is 0.368. The second-order valence-electron chi connectivity index (χ2n) is 5.98. The predicted molar refractivity (Wildman–Crippen MR) is 92.9 cm³/mol. The molecule has 2 heteroatoms. The summed E-state index contributed by atoms with van der Waals surface area (Å²) in [5.74, 6) is 0.